The Kier molecular flexibility index (Phi) is 14.8. The molecule has 1 aromatic heterocycles. The molecule has 0 aliphatic rings. The molecule has 3 aromatic carbocycles. The van der Waals surface area contributed by atoms with Crippen LogP contribution in [0.1, 0.15) is 139 Å². The molecule has 0 spiro atoms. The molecule has 2 nitrogen and oxygen atoms in total. The predicted octanol–water partition coefficient (Wildman–Crippen LogP) is 12.1. The standard InChI is InChI=1S/C42H58N2/c1-3-4-5-6-7-8-9-10-11-12-13-14-15-25-32-40(41-43-33-34-44(41)36-38-28-21-17-22-29-38)42(2,39-30-23-18-24-31-39)35-37-26-19-16-20-27-37/h16-24,26-31,33-34,40H,3-15,25,32,35-36H2,1-2H3. The van der Waals surface area contributed by atoms with Crippen LogP contribution >= 0.6 is 0 Å². The summed E-state index contributed by atoms with van der Waals surface area (Å²) in [4.78, 5) is 5.09. The van der Waals surface area contributed by atoms with Gasteiger partial charge >= 0.3 is 0 Å². The Bertz CT molecular complexity index is 1260. The second-order valence-electron chi connectivity index (χ2n) is 13.3. The fraction of sp³-hybridized carbons (Fsp3) is 0.500. The summed E-state index contributed by atoms with van der Waals surface area (Å²) in [7, 11) is 0. The van der Waals surface area contributed by atoms with E-state index >= 15 is 0 Å². The zero-order chi connectivity index (χ0) is 30.7. The molecule has 2 heteroatoms. The van der Waals surface area contributed by atoms with Gasteiger partial charge in [-0.25, -0.2) is 4.98 Å². The first-order chi connectivity index (χ1) is 21.7. The fourth-order valence-corrected chi connectivity index (χ4v) is 7.09. The van der Waals surface area contributed by atoms with Crippen LogP contribution in [0.2, 0.25) is 0 Å². The smallest absolute Gasteiger partial charge is 0.112 e. The lowest BCUT2D eigenvalue weighted by Gasteiger charge is -2.39. The normalized spacial score (nSPS) is 13.5. The minimum absolute atomic E-state index is 0.0705. The summed E-state index contributed by atoms with van der Waals surface area (Å²) in [6.45, 7) is 5.65. The maximum Gasteiger partial charge on any atom is 0.112 e. The zero-order valence-corrected chi connectivity index (χ0v) is 27.8. The first-order valence-corrected chi connectivity index (χ1v) is 17.8. The minimum Gasteiger partial charge on any atom is -0.330 e. The van der Waals surface area contributed by atoms with E-state index in [0.29, 0.717) is 5.92 Å². The molecule has 0 N–H and O–H groups in total. The molecule has 1 heterocycles. The highest BCUT2D eigenvalue weighted by Gasteiger charge is 2.39. The Balaban J connectivity index is 1.40. The molecule has 0 aliphatic carbocycles. The van der Waals surface area contributed by atoms with E-state index in [9.17, 15) is 0 Å². The number of hydrogen-bond donors (Lipinski definition) is 0. The van der Waals surface area contributed by atoms with Gasteiger partial charge in [-0.15, -0.1) is 0 Å². The molecule has 0 radical (unpaired) electrons. The maximum absolute atomic E-state index is 5.09. The van der Waals surface area contributed by atoms with E-state index in [1.165, 1.54) is 112 Å². The van der Waals surface area contributed by atoms with Gasteiger partial charge in [0.2, 0.25) is 0 Å². The molecular weight excluding hydrogens is 532 g/mol. The van der Waals surface area contributed by atoms with Crippen LogP contribution in [-0.4, -0.2) is 9.55 Å². The molecular formula is C42H58N2. The summed E-state index contributed by atoms with van der Waals surface area (Å²) in [5.41, 5.74) is 4.06. The van der Waals surface area contributed by atoms with E-state index in [2.05, 4.69) is 116 Å². The highest BCUT2D eigenvalue weighted by Crippen LogP contribution is 2.44. The lowest BCUT2D eigenvalue weighted by Crippen LogP contribution is -2.35. The zero-order valence-electron chi connectivity index (χ0n) is 27.8. The number of rotatable bonds is 22. The molecule has 236 valence electrons. The lowest BCUT2D eigenvalue weighted by atomic mass is 9.66. The van der Waals surface area contributed by atoms with Crippen molar-refractivity contribution in [2.45, 2.75) is 134 Å². The van der Waals surface area contributed by atoms with Crippen molar-refractivity contribution in [2.24, 2.45) is 0 Å². The van der Waals surface area contributed by atoms with Crippen molar-refractivity contribution < 1.29 is 0 Å². The molecule has 0 amide bonds. The second-order valence-corrected chi connectivity index (χ2v) is 13.3. The first-order valence-electron chi connectivity index (χ1n) is 17.8. The van der Waals surface area contributed by atoms with Crippen LogP contribution in [0.4, 0.5) is 0 Å². The Hall–Kier alpha value is -3.13. The average molecular weight is 591 g/mol. The van der Waals surface area contributed by atoms with E-state index in [-0.39, 0.29) is 5.41 Å². The lowest BCUT2D eigenvalue weighted by molar-refractivity contribution is 0.324. The summed E-state index contributed by atoms with van der Waals surface area (Å²) in [5, 5.41) is 0. The van der Waals surface area contributed by atoms with Gasteiger partial charge in [0.25, 0.3) is 0 Å². The van der Waals surface area contributed by atoms with E-state index in [4.69, 9.17) is 4.98 Å². The van der Waals surface area contributed by atoms with Crippen LogP contribution in [0.5, 0.6) is 0 Å². The first kappa shape index (κ1) is 33.8. The summed E-state index contributed by atoms with van der Waals surface area (Å²) >= 11 is 0. The number of benzene rings is 3. The van der Waals surface area contributed by atoms with E-state index in [1.54, 1.807) is 0 Å². The Morgan fingerprint density at radius 1 is 0.591 bits per heavy atom. The van der Waals surface area contributed by atoms with E-state index in [1.807, 2.05) is 6.20 Å². The van der Waals surface area contributed by atoms with Crippen LogP contribution in [-0.2, 0) is 18.4 Å². The predicted molar refractivity (Wildman–Crippen MR) is 189 cm³/mol. The van der Waals surface area contributed by atoms with Crippen molar-refractivity contribution in [1.82, 2.24) is 9.55 Å². The van der Waals surface area contributed by atoms with E-state index in [0.717, 1.165) is 19.4 Å². The maximum atomic E-state index is 5.09. The highest BCUT2D eigenvalue weighted by molar-refractivity contribution is 5.33. The van der Waals surface area contributed by atoms with Gasteiger partial charge in [-0.3, -0.25) is 0 Å². The van der Waals surface area contributed by atoms with Crippen molar-refractivity contribution in [3.8, 4) is 0 Å². The van der Waals surface area contributed by atoms with E-state index < -0.39 is 0 Å². The molecule has 0 fully saturated rings. The van der Waals surface area contributed by atoms with Gasteiger partial charge in [-0.05, 0) is 29.5 Å². The van der Waals surface area contributed by atoms with Crippen LogP contribution in [0, 0.1) is 0 Å². The summed E-state index contributed by atoms with van der Waals surface area (Å²) in [6, 6.07) is 33.1. The monoisotopic (exact) mass is 590 g/mol. The molecule has 0 saturated heterocycles. The van der Waals surface area contributed by atoms with Crippen LogP contribution in [0.3, 0.4) is 0 Å². The number of aromatic nitrogens is 2. The summed E-state index contributed by atoms with van der Waals surface area (Å²) < 4.78 is 2.41. The average Bonchev–Trinajstić information content (AvgIpc) is 3.51. The number of unbranched alkanes of at least 4 members (excludes halogenated alkanes) is 13. The third kappa shape index (κ3) is 10.8. The van der Waals surface area contributed by atoms with Gasteiger partial charge in [0, 0.05) is 30.3 Å². The highest BCUT2D eigenvalue weighted by atomic mass is 15.1. The van der Waals surface area contributed by atoms with Crippen molar-refractivity contribution >= 4 is 0 Å². The molecule has 4 rings (SSSR count). The van der Waals surface area contributed by atoms with Crippen LogP contribution in [0.15, 0.2) is 103 Å². The number of imidazole rings is 1. The summed E-state index contributed by atoms with van der Waals surface area (Å²) in [6.07, 6.45) is 25.8. The Labute approximate surface area is 269 Å². The van der Waals surface area contributed by atoms with Gasteiger partial charge in [0.15, 0.2) is 0 Å². The largest absolute Gasteiger partial charge is 0.330 e. The molecule has 0 bridgehead atoms. The van der Waals surface area contributed by atoms with Crippen LogP contribution in [0.25, 0.3) is 0 Å². The van der Waals surface area contributed by atoms with Gasteiger partial charge < -0.3 is 4.57 Å². The third-order valence-corrected chi connectivity index (χ3v) is 9.72. The molecule has 0 aliphatic heterocycles. The van der Waals surface area contributed by atoms with Crippen molar-refractivity contribution in [2.75, 3.05) is 0 Å². The summed E-state index contributed by atoms with van der Waals surface area (Å²) in [5.74, 6) is 1.55. The third-order valence-electron chi connectivity index (χ3n) is 9.72. The van der Waals surface area contributed by atoms with Crippen molar-refractivity contribution in [3.63, 3.8) is 0 Å². The second kappa shape index (κ2) is 19.3. The van der Waals surface area contributed by atoms with Gasteiger partial charge in [0.05, 0.1) is 0 Å². The topological polar surface area (TPSA) is 17.8 Å². The Morgan fingerprint density at radius 3 is 1.61 bits per heavy atom. The van der Waals surface area contributed by atoms with Gasteiger partial charge in [0.1, 0.15) is 5.82 Å². The van der Waals surface area contributed by atoms with Crippen molar-refractivity contribution in [3.05, 3.63) is 126 Å². The van der Waals surface area contributed by atoms with Gasteiger partial charge in [-0.1, -0.05) is 195 Å². The molecule has 0 saturated carbocycles. The van der Waals surface area contributed by atoms with Crippen LogP contribution < -0.4 is 0 Å². The molecule has 4 aromatic rings. The Morgan fingerprint density at radius 2 is 1.07 bits per heavy atom. The van der Waals surface area contributed by atoms with Crippen molar-refractivity contribution in [1.29, 1.82) is 0 Å². The molecule has 2 atom stereocenters. The quantitative estimate of drug-likeness (QED) is 0.0832. The minimum atomic E-state index is -0.0705. The fourth-order valence-electron chi connectivity index (χ4n) is 7.09. The van der Waals surface area contributed by atoms with Gasteiger partial charge in [-0.2, -0.15) is 0 Å². The SMILES string of the molecule is CCCCCCCCCCCCCCCCC(c1nccn1Cc1ccccc1)C(C)(Cc1ccccc1)c1ccccc1. The molecule has 2 unspecified atom stereocenters. The number of nitrogens with zero attached hydrogens (tertiary/aromatic N) is 2. The molecule has 44 heavy (non-hydrogen) atoms. The number of hydrogen-bond acceptors (Lipinski definition) is 1.